The molecule has 2 N–H and O–H groups in total. The van der Waals surface area contributed by atoms with Gasteiger partial charge in [0.05, 0.1) is 18.5 Å². The summed E-state index contributed by atoms with van der Waals surface area (Å²) in [6, 6.07) is 2.78. The van der Waals surface area contributed by atoms with E-state index in [0.29, 0.717) is 19.5 Å². The minimum absolute atomic E-state index is 0. The number of thiophene rings is 1. The van der Waals surface area contributed by atoms with Gasteiger partial charge in [0.15, 0.2) is 11.7 Å². The van der Waals surface area contributed by atoms with E-state index in [0.717, 1.165) is 16.2 Å². The molecule has 1 aromatic heterocycles. The van der Waals surface area contributed by atoms with Gasteiger partial charge in [0.1, 0.15) is 0 Å². The smallest absolute Gasteiger partial charge is 0.422 e. The molecule has 2 amide bonds. The molecular weight excluding hydrogens is 443 g/mol. The van der Waals surface area contributed by atoms with Crippen LogP contribution in [0.3, 0.4) is 0 Å². The summed E-state index contributed by atoms with van der Waals surface area (Å²) in [6.45, 7) is 7.60. The monoisotopic (exact) mass is 471 g/mol. The zero-order chi connectivity index (χ0) is 21.8. The van der Waals surface area contributed by atoms with Gasteiger partial charge >= 0.3 is 6.18 Å². The molecule has 2 rings (SSSR count). The van der Waals surface area contributed by atoms with Crippen LogP contribution >= 0.6 is 23.7 Å². The van der Waals surface area contributed by atoms with Crippen molar-refractivity contribution in [3.05, 3.63) is 17.0 Å². The summed E-state index contributed by atoms with van der Waals surface area (Å²) in [5.74, 6) is -0.417. The first-order valence-corrected chi connectivity index (χ1v) is 10.3. The minimum Gasteiger partial charge on any atom is -0.475 e. The van der Waals surface area contributed by atoms with Gasteiger partial charge in [0.2, 0.25) is 11.8 Å². The van der Waals surface area contributed by atoms with E-state index in [4.69, 9.17) is 4.74 Å². The highest BCUT2D eigenvalue weighted by Gasteiger charge is 2.31. The molecule has 0 spiro atoms. The van der Waals surface area contributed by atoms with Crippen LogP contribution < -0.4 is 15.4 Å². The first kappa shape index (κ1) is 26.5. The highest BCUT2D eigenvalue weighted by Crippen LogP contribution is 2.31. The first-order valence-electron chi connectivity index (χ1n) is 9.45. The Kier molecular flexibility index (Phi) is 9.44. The lowest BCUT2D eigenvalue weighted by molar-refractivity contribution is -0.152. The number of likely N-dealkylation sites (tertiary alicyclic amines) is 1. The van der Waals surface area contributed by atoms with Gasteiger partial charge in [-0.05, 0) is 52.8 Å². The number of nitrogens with one attached hydrogen (secondary N) is 2. The third-order valence-electron chi connectivity index (χ3n) is 4.29. The van der Waals surface area contributed by atoms with Gasteiger partial charge in [-0.3, -0.25) is 14.5 Å². The standard InChI is InChI=1S/C19H28F3N3O3S.ClH/c1-12(14-5-6-16(29-14)28-11-19(20,21)22)23-17(27)13-7-8-25(9-13)10-15(26)24-18(2,3)4;/h5-6,12-13H,7-11H2,1-4H3,(H,23,27)(H,24,26);1H/t12-,13?;/m1./s1. The molecule has 1 unspecified atom stereocenters. The Hall–Kier alpha value is -1.52. The van der Waals surface area contributed by atoms with E-state index in [1.165, 1.54) is 6.07 Å². The van der Waals surface area contributed by atoms with E-state index in [2.05, 4.69) is 10.6 Å². The molecule has 1 saturated heterocycles. The van der Waals surface area contributed by atoms with E-state index in [1.807, 2.05) is 25.7 Å². The number of carbonyl (C=O) groups is 2. The van der Waals surface area contributed by atoms with E-state index in [-0.39, 0.29) is 53.3 Å². The summed E-state index contributed by atoms with van der Waals surface area (Å²) in [5.41, 5.74) is -0.299. The second-order valence-corrected chi connectivity index (χ2v) is 9.39. The van der Waals surface area contributed by atoms with Crippen LogP contribution in [0.25, 0.3) is 0 Å². The summed E-state index contributed by atoms with van der Waals surface area (Å²) in [7, 11) is 0. The summed E-state index contributed by atoms with van der Waals surface area (Å²) < 4.78 is 41.4. The molecule has 11 heteroatoms. The van der Waals surface area contributed by atoms with Crippen molar-refractivity contribution >= 4 is 35.6 Å². The molecule has 0 saturated carbocycles. The Balaban J connectivity index is 0.00000450. The van der Waals surface area contributed by atoms with Gasteiger partial charge in [-0.15, -0.1) is 23.7 Å². The van der Waals surface area contributed by atoms with Gasteiger partial charge < -0.3 is 15.4 Å². The van der Waals surface area contributed by atoms with Crippen LogP contribution in [0.1, 0.15) is 45.0 Å². The molecule has 1 fully saturated rings. The predicted molar refractivity (Wildman–Crippen MR) is 112 cm³/mol. The van der Waals surface area contributed by atoms with Crippen LogP contribution in [0.4, 0.5) is 13.2 Å². The third-order valence-corrected chi connectivity index (χ3v) is 5.47. The molecule has 0 bridgehead atoms. The summed E-state index contributed by atoms with van der Waals surface area (Å²) >= 11 is 1.08. The van der Waals surface area contributed by atoms with Crippen LogP contribution in [0, 0.1) is 5.92 Å². The second kappa shape index (κ2) is 10.7. The average molecular weight is 472 g/mol. The fourth-order valence-electron chi connectivity index (χ4n) is 3.05. The maximum atomic E-state index is 12.5. The van der Waals surface area contributed by atoms with Gasteiger partial charge in [-0.2, -0.15) is 13.2 Å². The predicted octanol–water partition coefficient (Wildman–Crippen LogP) is 3.52. The van der Waals surface area contributed by atoms with Crippen molar-refractivity contribution in [3.63, 3.8) is 0 Å². The molecule has 2 atom stereocenters. The van der Waals surface area contributed by atoms with Crippen LogP contribution in [0.15, 0.2) is 12.1 Å². The number of nitrogens with zero attached hydrogens (tertiary/aromatic N) is 1. The Morgan fingerprint density at radius 2 is 1.97 bits per heavy atom. The van der Waals surface area contributed by atoms with E-state index in [1.54, 1.807) is 13.0 Å². The Labute approximate surface area is 184 Å². The maximum absolute atomic E-state index is 12.5. The van der Waals surface area contributed by atoms with Crippen molar-refractivity contribution in [2.24, 2.45) is 5.92 Å². The molecule has 0 aliphatic carbocycles. The fraction of sp³-hybridized carbons (Fsp3) is 0.684. The van der Waals surface area contributed by atoms with Crippen LogP contribution in [0.2, 0.25) is 0 Å². The second-order valence-electron chi connectivity index (χ2n) is 8.31. The van der Waals surface area contributed by atoms with Gasteiger partial charge in [0.25, 0.3) is 0 Å². The number of alkyl halides is 3. The molecule has 1 aliphatic heterocycles. The number of ether oxygens (including phenoxy) is 1. The summed E-state index contributed by atoms with van der Waals surface area (Å²) in [5, 5.41) is 5.97. The summed E-state index contributed by atoms with van der Waals surface area (Å²) in [6.07, 6.45) is -3.73. The minimum atomic E-state index is -4.39. The first-order chi connectivity index (χ1) is 13.3. The molecule has 172 valence electrons. The van der Waals surface area contributed by atoms with E-state index >= 15 is 0 Å². The van der Waals surface area contributed by atoms with Crippen LogP contribution in [-0.2, 0) is 9.59 Å². The molecule has 6 nitrogen and oxygen atoms in total. The lowest BCUT2D eigenvalue weighted by Gasteiger charge is -2.23. The Bertz CT molecular complexity index is 722. The normalized spacial score (nSPS) is 18.4. The molecule has 1 aliphatic rings. The van der Waals surface area contributed by atoms with Gasteiger partial charge in [-0.1, -0.05) is 0 Å². The highest BCUT2D eigenvalue weighted by molar-refractivity contribution is 7.13. The molecular formula is C19H29ClF3N3O3S. The number of hydrogen-bond acceptors (Lipinski definition) is 5. The molecule has 0 radical (unpaired) electrons. The fourth-order valence-corrected chi connectivity index (χ4v) is 3.91. The van der Waals surface area contributed by atoms with Crippen molar-refractivity contribution in [1.29, 1.82) is 0 Å². The van der Waals surface area contributed by atoms with E-state index in [9.17, 15) is 22.8 Å². The Morgan fingerprint density at radius 3 is 2.57 bits per heavy atom. The highest BCUT2D eigenvalue weighted by atomic mass is 35.5. The molecule has 1 aromatic rings. The lowest BCUT2D eigenvalue weighted by atomic mass is 10.1. The average Bonchev–Trinajstić information content (AvgIpc) is 3.19. The van der Waals surface area contributed by atoms with Crippen LogP contribution in [0.5, 0.6) is 5.06 Å². The van der Waals surface area contributed by atoms with Gasteiger partial charge in [0, 0.05) is 17.0 Å². The molecule has 30 heavy (non-hydrogen) atoms. The van der Waals surface area contributed by atoms with Crippen LogP contribution in [-0.4, -0.2) is 54.7 Å². The van der Waals surface area contributed by atoms with Crippen molar-refractivity contribution in [3.8, 4) is 5.06 Å². The van der Waals surface area contributed by atoms with Crippen molar-refractivity contribution < 1.29 is 27.5 Å². The number of rotatable bonds is 7. The number of amides is 2. The molecule has 0 aromatic carbocycles. The maximum Gasteiger partial charge on any atom is 0.422 e. The SMILES string of the molecule is C[C@@H](NC(=O)C1CCN(CC(=O)NC(C)(C)C)C1)c1ccc(OCC(F)(F)F)s1.Cl. The van der Waals surface area contributed by atoms with Crippen molar-refractivity contribution in [1.82, 2.24) is 15.5 Å². The zero-order valence-electron chi connectivity index (χ0n) is 17.5. The van der Waals surface area contributed by atoms with Gasteiger partial charge in [-0.25, -0.2) is 0 Å². The third kappa shape index (κ3) is 9.09. The van der Waals surface area contributed by atoms with Crippen molar-refractivity contribution in [2.75, 3.05) is 26.2 Å². The number of hydrogen-bond donors (Lipinski definition) is 2. The van der Waals surface area contributed by atoms with E-state index < -0.39 is 12.8 Å². The lowest BCUT2D eigenvalue weighted by Crippen LogP contribution is -2.45. The molecule has 2 heterocycles. The van der Waals surface area contributed by atoms with Crippen molar-refractivity contribution in [2.45, 2.75) is 51.9 Å². The summed E-state index contributed by atoms with van der Waals surface area (Å²) in [4.78, 5) is 27.2. The number of carbonyl (C=O) groups excluding carboxylic acids is 2. The topological polar surface area (TPSA) is 70.7 Å². The quantitative estimate of drug-likeness (QED) is 0.638. The Morgan fingerprint density at radius 1 is 1.30 bits per heavy atom. The zero-order valence-corrected chi connectivity index (χ0v) is 19.1. The number of halogens is 4. The largest absolute Gasteiger partial charge is 0.475 e.